The third kappa shape index (κ3) is 3.10. The van der Waals surface area contributed by atoms with Crippen LogP contribution in [0.4, 0.5) is 8.78 Å². The highest BCUT2D eigenvalue weighted by atomic mass is 79.9. The average Bonchev–Trinajstić information content (AvgIpc) is 2.89. The van der Waals surface area contributed by atoms with Gasteiger partial charge in [-0.3, -0.25) is 0 Å². The predicted octanol–water partition coefficient (Wildman–Crippen LogP) is 4.58. The standard InChI is InChI=1S/C15H16BrF2NO/c1-3-9-5-6-14(20-9)15(19-4-2)10-7-13(18)11(16)8-12(10)17/h5-8,15,19H,3-4H2,1-2H3. The molecule has 0 saturated heterocycles. The van der Waals surface area contributed by atoms with E-state index in [1.807, 2.05) is 19.9 Å². The van der Waals surface area contributed by atoms with Crippen molar-refractivity contribution < 1.29 is 13.2 Å². The van der Waals surface area contributed by atoms with Gasteiger partial charge < -0.3 is 9.73 Å². The fourth-order valence-electron chi connectivity index (χ4n) is 2.07. The maximum atomic E-state index is 14.1. The Bertz CT molecular complexity index is 598. The Morgan fingerprint density at radius 1 is 1.20 bits per heavy atom. The SMILES string of the molecule is CCNC(c1ccc(CC)o1)c1cc(F)c(Br)cc1F. The van der Waals surface area contributed by atoms with Gasteiger partial charge in [0.2, 0.25) is 0 Å². The second kappa shape index (κ2) is 6.50. The second-order valence-corrected chi connectivity index (χ2v) is 5.29. The molecule has 0 saturated carbocycles. The molecule has 2 rings (SSSR count). The third-order valence-corrected chi connectivity index (χ3v) is 3.68. The first-order chi connectivity index (χ1) is 9.56. The van der Waals surface area contributed by atoms with Gasteiger partial charge in [-0.25, -0.2) is 8.78 Å². The minimum Gasteiger partial charge on any atom is -0.464 e. The van der Waals surface area contributed by atoms with Gasteiger partial charge in [-0.15, -0.1) is 0 Å². The lowest BCUT2D eigenvalue weighted by Crippen LogP contribution is -2.22. The van der Waals surface area contributed by atoms with E-state index in [-0.39, 0.29) is 10.0 Å². The predicted molar refractivity (Wildman–Crippen MR) is 77.7 cm³/mol. The Morgan fingerprint density at radius 3 is 2.55 bits per heavy atom. The normalized spacial score (nSPS) is 12.7. The van der Waals surface area contributed by atoms with Gasteiger partial charge >= 0.3 is 0 Å². The van der Waals surface area contributed by atoms with E-state index in [9.17, 15) is 8.78 Å². The van der Waals surface area contributed by atoms with Crippen molar-refractivity contribution in [1.82, 2.24) is 5.32 Å². The van der Waals surface area contributed by atoms with E-state index in [1.165, 1.54) is 6.07 Å². The van der Waals surface area contributed by atoms with Gasteiger partial charge in [0.25, 0.3) is 0 Å². The molecule has 0 amide bonds. The van der Waals surface area contributed by atoms with Crippen molar-refractivity contribution in [1.29, 1.82) is 0 Å². The summed E-state index contributed by atoms with van der Waals surface area (Å²) in [5.74, 6) is 0.440. The van der Waals surface area contributed by atoms with Gasteiger partial charge in [0.1, 0.15) is 23.2 Å². The van der Waals surface area contributed by atoms with E-state index in [4.69, 9.17) is 4.42 Å². The minimum absolute atomic E-state index is 0.114. The lowest BCUT2D eigenvalue weighted by molar-refractivity contribution is 0.417. The van der Waals surface area contributed by atoms with Crippen LogP contribution in [0, 0.1) is 11.6 Å². The summed E-state index contributed by atoms with van der Waals surface area (Å²) in [6.07, 6.45) is 0.760. The van der Waals surface area contributed by atoms with Crippen LogP contribution in [0.5, 0.6) is 0 Å². The Balaban J connectivity index is 2.45. The molecule has 1 aromatic carbocycles. The molecule has 0 fully saturated rings. The summed E-state index contributed by atoms with van der Waals surface area (Å²) in [6.45, 7) is 4.50. The number of hydrogen-bond donors (Lipinski definition) is 1. The molecular weight excluding hydrogens is 328 g/mol. The molecule has 108 valence electrons. The van der Waals surface area contributed by atoms with Gasteiger partial charge in [-0.1, -0.05) is 13.8 Å². The number of halogens is 3. The van der Waals surface area contributed by atoms with Gasteiger partial charge in [-0.05, 0) is 46.7 Å². The monoisotopic (exact) mass is 343 g/mol. The van der Waals surface area contributed by atoms with Gasteiger partial charge in [0, 0.05) is 12.0 Å². The molecule has 0 spiro atoms. The van der Waals surface area contributed by atoms with Crippen LogP contribution in [-0.2, 0) is 6.42 Å². The molecule has 2 aromatic rings. The molecule has 0 bridgehead atoms. The molecule has 2 nitrogen and oxygen atoms in total. The topological polar surface area (TPSA) is 25.2 Å². The van der Waals surface area contributed by atoms with E-state index in [2.05, 4.69) is 21.2 Å². The van der Waals surface area contributed by atoms with E-state index in [1.54, 1.807) is 6.07 Å². The number of nitrogens with one attached hydrogen (secondary N) is 1. The Morgan fingerprint density at radius 2 is 1.95 bits per heavy atom. The van der Waals surface area contributed by atoms with Crippen molar-refractivity contribution in [3.63, 3.8) is 0 Å². The first kappa shape index (κ1) is 15.2. The van der Waals surface area contributed by atoms with Crippen molar-refractivity contribution in [2.24, 2.45) is 0 Å². The van der Waals surface area contributed by atoms with Crippen molar-refractivity contribution in [3.05, 3.63) is 57.5 Å². The van der Waals surface area contributed by atoms with Crippen LogP contribution in [0.1, 0.15) is 37.0 Å². The molecule has 1 atom stereocenters. The van der Waals surface area contributed by atoms with E-state index >= 15 is 0 Å². The number of benzene rings is 1. The molecule has 1 aromatic heterocycles. The zero-order chi connectivity index (χ0) is 14.7. The molecular formula is C15H16BrF2NO. The number of furan rings is 1. The maximum Gasteiger partial charge on any atom is 0.137 e. The fraction of sp³-hybridized carbons (Fsp3) is 0.333. The summed E-state index contributed by atoms with van der Waals surface area (Å²) < 4.78 is 33.6. The molecule has 0 aliphatic rings. The molecule has 1 heterocycles. The third-order valence-electron chi connectivity index (χ3n) is 3.07. The minimum atomic E-state index is -0.497. The summed E-state index contributed by atoms with van der Waals surface area (Å²) in [6, 6.07) is 5.49. The second-order valence-electron chi connectivity index (χ2n) is 4.44. The molecule has 0 aliphatic carbocycles. The van der Waals surface area contributed by atoms with Gasteiger partial charge in [-0.2, -0.15) is 0 Å². The van der Waals surface area contributed by atoms with Crippen molar-refractivity contribution in [3.8, 4) is 0 Å². The first-order valence-electron chi connectivity index (χ1n) is 6.53. The van der Waals surface area contributed by atoms with Crippen molar-refractivity contribution >= 4 is 15.9 Å². The Labute approximate surface area is 125 Å². The van der Waals surface area contributed by atoms with Gasteiger partial charge in [0.05, 0.1) is 10.5 Å². The fourth-order valence-corrected chi connectivity index (χ4v) is 2.38. The summed E-state index contributed by atoms with van der Waals surface area (Å²) in [4.78, 5) is 0. The number of aryl methyl sites for hydroxylation is 1. The van der Waals surface area contributed by atoms with E-state index in [0.717, 1.165) is 18.2 Å². The van der Waals surface area contributed by atoms with Crippen LogP contribution in [0.15, 0.2) is 33.2 Å². The smallest absolute Gasteiger partial charge is 0.137 e. The largest absolute Gasteiger partial charge is 0.464 e. The molecule has 20 heavy (non-hydrogen) atoms. The zero-order valence-electron chi connectivity index (χ0n) is 11.3. The Hall–Kier alpha value is -1.20. The molecule has 0 radical (unpaired) electrons. The molecule has 5 heteroatoms. The average molecular weight is 344 g/mol. The van der Waals surface area contributed by atoms with E-state index in [0.29, 0.717) is 12.3 Å². The highest BCUT2D eigenvalue weighted by Gasteiger charge is 2.22. The summed E-state index contributed by atoms with van der Waals surface area (Å²) in [5, 5.41) is 3.12. The van der Waals surface area contributed by atoms with Crippen molar-refractivity contribution in [2.75, 3.05) is 6.54 Å². The van der Waals surface area contributed by atoms with Crippen LogP contribution in [0.3, 0.4) is 0 Å². The van der Waals surface area contributed by atoms with Crippen LogP contribution < -0.4 is 5.32 Å². The van der Waals surface area contributed by atoms with Crippen molar-refractivity contribution in [2.45, 2.75) is 26.3 Å². The van der Waals surface area contributed by atoms with Crippen LogP contribution in [-0.4, -0.2) is 6.54 Å². The molecule has 1 N–H and O–H groups in total. The summed E-state index contributed by atoms with van der Waals surface area (Å²) in [7, 11) is 0. The highest BCUT2D eigenvalue weighted by Crippen LogP contribution is 2.29. The van der Waals surface area contributed by atoms with Crippen LogP contribution >= 0.6 is 15.9 Å². The molecule has 1 unspecified atom stereocenters. The number of hydrogen-bond acceptors (Lipinski definition) is 2. The number of rotatable bonds is 5. The quantitative estimate of drug-likeness (QED) is 0.803. The summed E-state index contributed by atoms with van der Waals surface area (Å²) >= 11 is 2.98. The Kier molecular flexibility index (Phi) is 4.94. The van der Waals surface area contributed by atoms with Crippen LogP contribution in [0.2, 0.25) is 0 Å². The van der Waals surface area contributed by atoms with Gasteiger partial charge in [0.15, 0.2) is 0 Å². The lowest BCUT2D eigenvalue weighted by Gasteiger charge is -2.17. The van der Waals surface area contributed by atoms with Crippen LogP contribution in [0.25, 0.3) is 0 Å². The summed E-state index contributed by atoms with van der Waals surface area (Å²) in [5.41, 5.74) is 0.240. The van der Waals surface area contributed by atoms with E-state index < -0.39 is 17.7 Å². The highest BCUT2D eigenvalue weighted by molar-refractivity contribution is 9.10. The lowest BCUT2D eigenvalue weighted by atomic mass is 10.0. The zero-order valence-corrected chi connectivity index (χ0v) is 12.9. The maximum absolute atomic E-state index is 14.1. The first-order valence-corrected chi connectivity index (χ1v) is 7.32. The molecule has 0 aliphatic heterocycles.